The first kappa shape index (κ1) is 20.5. The Bertz CT molecular complexity index is 1010. The van der Waals surface area contributed by atoms with E-state index >= 15 is 0 Å². The van der Waals surface area contributed by atoms with Crippen molar-refractivity contribution in [2.75, 3.05) is 0 Å². The molecular weight excluding hydrogens is 388 g/mol. The highest BCUT2D eigenvalue weighted by Crippen LogP contribution is 2.42. The van der Waals surface area contributed by atoms with Crippen molar-refractivity contribution in [3.63, 3.8) is 0 Å². The third-order valence-corrected chi connectivity index (χ3v) is 6.54. The number of hydrogen-bond acceptors (Lipinski definition) is 4. The Morgan fingerprint density at radius 1 is 0.833 bits per heavy atom. The maximum atomic E-state index is 4.21. The normalized spacial score (nSPS) is 11.1. The fourth-order valence-corrected chi connectivity index (χ4v) is 4.83. The number of thiophene rings is 1. The molecule has 0 spiro atoms. The van der Waals surface area contributed by atoms with Gasteiger partial charge in [-0.05, 0) is 59.2 Å². The van der Waals surface area contributed by atoms with Gasteiger partial charge in [0.2, 0.25) is 5.82 Å². The zero-order chi connectivity index (χ0) is 20.8. The van der Waals surface area contributed by atoms with E-state index in [4.69, 9.17) is 0 Å². The minimum absolute atomic E-state index is 0.650. The van der Waals surface area contributed by atoms with Crippen molar-refractivity contribution in [2.24, 2.45) is 0 Å². The number of aromatic amines is 1. The number of rotatable bonds is 9. The first-order chi connectivity index (χ1) is 14.8. The van der Waals surface area contributed by atoms with Gasteiger partial charge in [-0.3, -0.25) is 0 Å². The van der Waals surface area contributed by atoms with Crippen LogP contribution in [-0.4, -0.2) is 20.6 Å². The Kier molecular flexibility index (Phi) is 6.70. The summed E-state index contributed by atoms with van der Waals surface area (Å²) in [5.74, 6) is 0.650. The van der Waals surface area contributed by atoms with Crippen LogP contribution in [0, 0.1) is 0 Å². The molecule has 0 saturated carbocycles. The van der Waals surface area contributed by atoms with Crippen molar-refractivity contribution in [2.45, 2.75) is 52.4 Å². The number of tetrazole rings is 1. The molecule has 4 nitrogen and oxygen atoms in total. The van der Waals surface area contributed by atoms with Crippen molar-refractivity contribution in [3.8, 4) is 32.3 Å². The number of nitrogens with zero attached hydrogens (tertiary/aromatic N) is 3. The van der Waals surface area contributed by atoms with Gasteiger partial charge in [0.1, 0.15) is 0 Å². The van der Waals surface area contributed by atoms with Crippen molar-refractivity contribution in [1.82, 2.24) is 20.6 Å². The summed E-state index contributed by atoms with van der Waals surface area (Å²) in [5, 5.41) is 14.7. The van der Waals surface area contributed by atoms with E-state index in [1.807, 2.05) is 0 Å². The first-order valence-corrected chi connectivity index (χ1v) is 11.7. The number of unbranched alkanes of at least 4 members (excludes halogenated alkanes) is 2. The summed E-state index contributed by atoms with van der Waals surface area (Å²) in [7, 11) is 0. The number of nitrogens with one attached hydrogen (secondary N) is 1. The van der Waals surface area contributed by atoms with E-state index in [9.17, 15) is 0 Å². The first-order valence-electron chi connectivity index (χ1n) is 10.8. The predicted molar refractivity (Wildman–Crippen MR) is 126 cm³/mol. The van der Waals surface area contributed by atoms with E-state index in [-0.39, 0.29) is 0 Å². The maximum absolute atomic E-state index is 4.21. The molecule has 0 saturated heterocycles. The monoisotopic (exact) mass is 416 g/mol. The molecule has 2 aromatic heterocycles. The van der Waals surface area contributed by atoms with Gasteiger partial charge in [0.25, 0.3) is 0 Å². The van der Waals surface area contributed by atoms with Gasteiger partial charge >= 0.3 is 0 Å². The Morgan fingerprint density at radius 3 is 2.13 bits per heavy atom. The molecule has 2 heterocycles. The zero-order valence-electron chi connectivity index (χ0n) is 17.7. The minimum Gasteiger partial charge on any atom is -0.177 e. The molecule has 0 atom stereocenters. The van der Waals surface area contributed by atoms with Gasteiger partial charge in [0.15, 0.2) is 0 Å². The molecule has 2 aromatic carbocycles. The van der Waals surface area contributed by atoms with E-state index in [0.29, 0.717) is 5.82 Å². The highest BCUT2D eigenvalue weighted by molar-refractivity contribution is 7.19. The highest BCUT2D eigenvalue weighted by atomic mass is 32.1. The smallest absolute Gasteiger partial charge is 0.177 e. The highest BCUT2D eigenvalue weighted by Gasteiger charge is 2.17. The molecule has 0 fully saturated rings. The summed E-state index contributed by atoms with van der Waals surface area (Å²) >= 11 is 1.74. The van der Waals surface area contributed by atoms with Crippen LogP contribution in [0.1, 0.15) is 50.7 Å². The summed E-state index contributed by atoms with van der Waals surface area (Å²) in [6, 6.07) is 20.1. The summed E-state index contributed by atoms with van der Waals surface area (Å²) < 4.78 is 0. The molecule has 1 N–H and O–H groups in total. The van der Waals surface area contributed by atoms with Gasteiger partial charge < -0.3 is 0 Å². The largest absolute Gasteiger partial charge is 0.214 e. The van der Waals surface area contributed by atoms with E-state index < -0.39 is 0 Å². The fraction of sp³-hybridized carbons (Fsp3) is 0.320. The SMILES string of the molecule is CCCCc1cccc(-c2cc(-c3nn[nH]n3)sc2-c2cccc(CCCC)c2)c1. The van der Waals surface area contributed by atoms with Crippen LogP contribution in [0.25, 0.3) is 32.3 Å². The lowest BCUT2D eigenvalue weighted by atomic mass is 9.97. The number of H-pyrrole nitrogens is 1. The Balaban J connectivity index is 1.78. The van der Waals surface area contributed by atoms with Crippen LogP contribution in [0.15, 0.2) is 54.6 Å². The standard InChI is InChI=1S/C25H28N4S/c1-3-5-9-18-11-7-13-20(15-18)22-17-23(25-26-28-29-27-25)30-24(22)21-14-8-12-19(16-21)10-6-4-2/h7-8,11-17H,3-6,9-10H2,1-2H3,(H,26,27,28,29). The average Bonchev–Trinajstić information content (AvgIpc) is 3.47. The number of aryl methyl sites for hydroxylation is 2. The second-order valence-corrected chi connectivity index (χ2v) is 8.75. The molecule has 0 bridgehead atoms. The molecular formula is C25H28N4S. The molecule has 0 aliphatic carbocycles. The van der Waals surface area contributed by atoms with Gasteiger partial charge in [-0.25, -0.2) is 0 Å². The molecule has 0 unspecified atom stereocenters. The summed E-state index contributed by atoms with van der Waals surface area (Å²) in [5.41, 5.74) is 6.54. The molecule has 0 aliphatic heterocycles. The van der Waals surface area contributed by atoms with E-state index in [0.717, 1.165) is 17.7 Å². The lowest BCUT2D eigenvalue weighted by Crippen LogP contribution is -1.88. The van der Waals surface area contributed by atoms with E-state index in [1.165, 1.54) is 58.4 Å². The second-order valence-electron chi connectivity index (χ2n) is 7.70. The molecule has 30 heavy (non-hydrogen) atoms. The quantitative estimate of drug-likeness (QED) is 0.321. The number of aromatic nitrogens is 4. The maximum Gasteiger partial charge on any atom is 0.214 e. The fourth-order valence-electron chi connectivity index (χ4n) is 3.72. The molecule has 4 rings (SSSR count). The van der Waals surface area contributed by atoms with Crippen LogP contribution in [0.5, 0.6) is 0 Å². The van der Waals surface area contributed by atoms with Crippen LogP contribution in [-0.2, 0) is 12.8 Å². The van der Waals surface area contributed by atoms with Crippen LogP contribution < -0.4 is 0 Å². The minimum atomic E-state index is 0.650. The lowest BCUT2D eigenvalue weighted by molar-refractivity contribution is 0.795. The predicted octanol–water partition coefficient (Wildman–Crippen LogP) is 6.95. The molecule has 0 amide bonds. The Hall–Kier alpha value is -2.79. The van der Waals surface area contributed by atoms with Gasteiger partial charge in [-0.1, -0.05) is 75.2 Å². The lowest BCUT2D eigenvalue weighted by Gasteiger charge is -2.09. The topological polar surface area (TPSA) is 54.5 Å². The molecule has 154 valence electrons. The third-order valence-electron chi connectivity index (χ3n) is 5.36. The summed E-state index contributed by atoms with van der Waals surface area (Å²) in [6.45, 7) is 4.48. The number of benzene rings is 2. The van der Waals surface area contributed by atoms with Gasteiger partial charge in [-0.15, -0.1) is 21.5 Å². The van der Waals surface area contributed by atoms with Gasteiger partial charge in [-0.2, -0.15) is 5.21 Å². The van der Waals surface area contributed by atoms with Crippen LogP contribution in [0.4, 0.5) is 0 Å². The molecule has 0 radical (unpaired) electrons. The molecule has 4 aromatic rings. The van der Waals surface area contributed by atoms with Gasteiger partial charge in [0, 0.05) is 10.4 Å². The zero-order valence-corrected chi connectivity index (χ0v) is 18.5. The van der Waals surface area contributed by atoms with E-state index in [1.54, 1.807) is 11.3 Å². The van der Waals surface area contributed by atoms with Crippen molar-refractivity contribution in [3.05, 3.63) is 65.7 Å². The Morgan fingerprint density at radius 2 is 1.50 bits per heavy atom. The van der Waals surface area contributed by atoms with Crippen molar-refractivity contribution in [1.29, 1.82) is 0 Å². The van der Waals surface area contributed by atoms with E-state index in [2.05, 4.69) is 89.1 Å². The van der Waals surface area contributed by atoms with Gasteiger partial charge in [0.05, 0.1) is 4.88 Å². The summed E-state index contributed by atoms with van der Waals surface area (Å²) in [6.07, 6.45) is 7.09. The number of hydrogen-bond donors (Lipinski definition) is 1. The van der Waals surface area contributed by atoms with Crippen molar-refractivity contribution < 1.29 is 0 Å². The molecule has 0 aliphatic rings. The Labute approximate surface area is 182 Å². The third kappa shape index (κ3) is 4.68. The van der Waals surface area contributed by atoms with Crippen LogP contribution in [0.2, 0.25) is 0 Å². The van der Waals surface area contributed by atoms with Crippen molar-refractivity contribution >= 4 is 11.3 Å². The summed E-state index contributed by atoms with van der Waals surface area (Å²) in [4.78, 5) is 2.30. The second kappa shape index (κ2) is 9.81. The molecule has 5 heteroatoms. The van der Waals surface area contributed by atoms with Crippen LogP contribution >= 0.6 is 11.3 Å². The van der Waals surface area contributed by atoms with Crippen LogP contribution in [0.3, 0.4) is 0 Å². The average molecular weight is 417 g/mol.